The Bertz CT molecular complexity index is 1360. The topological polar surface area (TPSA) is 151 Å². The molecule has 3 amide bonds. The van der Waals surface area contributed by atoms with Crippen LogP contribution >= 0.6 is 0 Å². The third-order valence-corrected chi connectivity index (χ3v) is 6.28. The first-order chi connectivity index (χ1) is 20.4. The molecule has 0 aromatic heterocycles. The van der Waals surface area contributed by atoms with Crippen LogP contribution in [0.5, 0.6) is 5.75 Å². The summed E-state index contributed by atoms with van der Waals surface area (Å²) in [6, 6.07) is 23.1. The monoisotopic (exact) mass is 589 g/mol. The van der Waals surface area contributed by atoms with Gasteiger partial charge in [0.15, 0.2) is 0 Å². The second kappa shape index (κ2) is 15.5. The molecule has 0 heterocycles. The number of rotatable bonds is 13. The van der Waals surface area contributed by atoms with Crippen LogP contribution in [0.2, 0.25) is 0 Å². The lowest BCUT2D eigenvalue weighted by Gasteiger charge is -2.32. The molecule has 0 spiro atoms. The molecule has 0 fully saturated rings. The smallest absolute Gasteiger partial charge is 0.417 e. The molecule has 10 nitrogen and oxygen atoms in total. The van der Waals surface area contributed by atoms with Gasteiger partial charge in [0.25, 0.3) is 0 Å². The average molecular weight is 590 g/mol. The molecule has 4 N–H and O–H groups in total. The summed E-state index contributed by atoms with van der Waals surface area (Å²) in [6.07, 6.45) is -1.55. The Hall–Kier alpha value is -4.70. The van der Waals surface area contributed by atoms with E-state index in [0.29, 0.717) is 22.8 Å². The van der Waals surface area contributed by atoms with Crippen molar-refractivity contribution in [1.29, 1.82) is 0 Å². The SMILES string of the molecule is CC(C)(C)OC(=O)N(C(=O)[C@@H](N)Cc1ccc(OCc2ccccc2)cc1)[C@H](CCC(=O)OCc1ccccc1)C(N)=O. The molecule has 0 saturated heterocycles. The third kappa shape index (κ3) is 10.9. The van der Waals surface area contributed by atoms with Gasteiger partial charge >= 0.3 is 12.1 Å². The number of imide groups is 1. The number of amides is 3. The van der Waals surface area contributed by atoms with Crippen molar-refractivity contribution in [2.45, 2.75) is 70.9 Å². The fourth-order valence-corrected chi connectivity index (χ4v) is 4.13. The number of carbonyl (C=O) groups is 4. The summed E-state index contributed by atoms with van der Waals surface area (Å²) < 4.78 is 16.5. The van der Waals surface area contributed by atoms with E-state index in [-0.39, 0.29) is 25.9 Å². The summed E-state index contributed by atoms with van der Waals surface area (Å²) >= 11 is 0. The van der Waals surface area contributed by atoms with Crippen molar-refractivity contribution in [2.24, 2.45) is 11.5 Å². The molecule has 228 valence electrons. The van der Waals surface area contributed by atoms with E-state index in [0.717, 1.165) is 11.1 Å². The number of primary amides is 1. The highest BCUT2D eigenvalue weighted by atomic mass is 16.6. The van der Waals surface area contributed by atoms with E-state index in [1.54, 1.807) is 57.2 Å². The maximum Gasteiger partial charge on any atom is 0.417 e. The van der Waals surface area contributed by atoms with Crippen LogP contribution in [0.1, 0.15) is 50.3 Å². The van der Waals surface area contributed by atoms with E-state index in [1.165, 1.54) is 0 Å². The highest BCUT2D eigenvalue weighted by molar-refractivity contribution is 6.00. The number of hydrogen-bond acceptors (Lipinski definition) is 8. The summed E-state index contributed by atoms with van der Waals surface area (Å²) in [6.45, 7) is 5.30. The first-order valence-corrected chi connectivity index (χ1v) is 14.0. The first kappa shape index (κ1) is 32.8. The summed E-state index contributed by atoms with van der Waals surface area (Å²) in [4.78, 5) is 52.3. The van der Waals surface area contributed by atoms with Gasteiger partial charge in [0, 0.05) is 6.42 Å². The van der Waals surface area contributed by atoms with Crippen molar-refractivity contribution < 1.29 is 33.4 Å². The van der Waals surface area contributed by atoms with E-state index >= 15 is 0 Å². The van der Waals surface area contributed by atoms with Gasteiger partial charge in [-0.2, -0.15) is 0 Å². The van der Waals surface area contributed by atoms with E-state index in [9.17, 15) is 19.2 Å². The Labute approximate surface area is 251 Å². The van der Waals surface area contributed by atoms with Crippen molar-refractivity contribution in [3.63, 3.8) is 0 Å². The molecular formula is C33H39N3O7. The van der Waals surface area contributed by atoms with Crippen LogP contribution in [0.4, 0.5) is 4.79 Å². The van der Waals surface area contributed by atoms with Gasteiger partial charge in [0.2, 0.25) is 11.8 Å². The lowest BCUT2D eigenvalue weighted by Crippen LogP contribution is -2.57. The number of esters is 1. The molecule has 3 aromatic rings. The molecule has 0 radical (unpaired) electrons. The largest absolute Gasteiger partial charge is 0.489 e. The molecule has 0 aliphatic carbocycles. The van der Waals surface area contributed by atoms with Gasteiger partial charge in [-0.3, -0.25) is 14.4 Å². The minimum Gasteiger partial charge on any atom is -0.489 e. The van der Waals surface area contributed by atoms with Crippen LogP contribution in [0.15, 0.2) is 84.9 Å². The molecule has 10 heteroatoms. The molecule has 0 bridgehead atoms. The van der Waals surface area contributed by atoms with Gasteiger partial charge in [-0.25, -0.2) is 9.69 Å². The second-order valence-electron chi connectivity index (χ2n) is 11.0. The number of carbonyl (C=O) groups excluding carboxylic acids is 4. The Kier molecular flexibility index (Phi) is 11.8. The quantitative estimate of drug-likeness (QED) is 0.281. The van der Waals surface area contributed by atoms with Crippen LogP contribution in [0.25, 0.3) is 0 Å². The van der Waals surface area contributed by atoms with Crippen molar-refractivity contribution in [1.82, 2.24) is 4.90 Å². The number of ether oxygens (including phenoxy) is 3. The van der Waals surface area contributed by atoms with Crippen LogP contribution in [0.3, 0.4) is 0 Å². The molecule has 0 aliphatic heterocycles. The summed E-state index contributed by atoms with van der Waals surface area (Å²) in [5.41, 5.74) is 13.4. The molecule has 0 aliphatic rings. The maximum atomic E-state index is 13.6. The fraction of sp³-hybridized carbons (Fsp3) is 0.333. The molecule has 43 heavy (non-hydrogen) atoms. The van der Waals surface area contributed by atoms with Gasteiger partial charge in [0.1, 0.15) is 30.6 Å². The normalized spacial score (nSPS) is 12.5. The number of nitrogens with zero attached hydrogens (tertiary/aromatic N) is 1. The van der Waals surface area contributed by atoms with Gasteiger partial charge in [0.05, 0.1) is 6.04 Å². The Balaban J connectivity index is 1.68. The zero-order valence-corrected chi connectivity index (χ0v) is 24.7. The first-order valence-electron chi connectivity index (χ1n) is 14.0. The van der Waals surface area contributed by atoms with Crippen LogP contribution < -0.4 is 16.2 Å². The van der Waals surface area contributed by atoms with Gasteiger partial charge in [-0.15, -0.1) is 0 Å². The lowest BCUT2D eigenvalue weighted by atomic mass is 10.0. The minimum absolute atomic E-state index is 0.0383. The van der Waals surface area contributed by atoms with Crippen molar-refractivity contribution in [2.75, 3.05) is 0 Å². The third-order valence-electron chi connectivity index (χ3n) is 6.28. The van der Waals surface area contributed by atoms with E-state index < -0.39 is 41.6 Å². The minimum atomic E-state index is -1.48. The Morgan fingerprint density at radius 3 is 1.88 bits per heavy atom. The van der Waals surface area contributed by atoms with Crippen LogP contribution in [-0.4, -0.2) is 46.5 Å². The predicted octanol–water partition coefficient (Wildman–Crippen LogP) is 4.28. The lowest BCUT2D eigenvalue weighted by molar-refractivity contribution is -0.147. The predicted molar refractivity (Wildman–Crippen MR) is 160 cm³/mol. The highest BCUT2D eigenvalue weighted by Crippen LogP contribution is 2.19. The number of nitrogens with two attached hydrogens (primary N) is 2. The Morgan fingerprint density at radius 2 is 1.35 bits per heavy atom. The van der Waals surface area contributed by atoms with Crippen LogP contribution in [0, 0.1) is 0 Å². The molecule has 3 aromatic carbocycles. The fourth-order valence-electron chi connectivity index (χ4n) is 4.13. The van der Waals surface area contributed by atoms with Gasteiger partial charge in [-0.1, -0.05) is 72.8 Å². The standard InChI is InChI=1S/C33H39N3O7/c1-33(2,3)43-32(40)36(28(30(35)38)18-19-29(37)42-22-25-12-8-5-9-13-25)31(39)27(34)20-23-14-16-26(17-15-23)41-21-24-10-6-4-7-11-24/h4-17,27-28H,18-22,34H2,1-3H3,(H2,35,38)/t27-,28+/m0/s1. The summed E-state index contributed by atoms with van der Waals surface area (Å²) in [5.74, 6) is -1.83. The second-order valence-corrected chi connectivity index (χ2v) is 11.0. The molecule has 3 rings (SSSR count). The summed E-state index contributed by atoms with van der Waals surface area (Å²) in [7, 11) is 0. The molecule has 2 atom stereocenters. The van der Waals surface area contributed by atoms with Crippen LogP contribution in [-0.2, 0) is 43.5 Å². The van der Waals surface area contributed by atoms with E-state index in [2.05, 4.69) is 0 Å². The van der Waals surface area contributed by atoms with E-state index in [1.807, 2.05) is 48.5 Å². The number of hydrogen-bond donors (Lipinski definition) is 2. The van der Waals surface area contributed by atoms with Crippen molar-refractivity contribution >= 4 is 23.9 Å². The zero-order valence-electron chi connectivity index (χ0n) is 24.7. The highest BCUT2D eigenvalue weighted by Gasteiger charge is 2.39. The molecule has 0 saturated carbocycles. The van der Waals surface area contributed by atoms with Crippen molar-refractivity contribution in [3.8, 4) is 5.75 Å². The average Bonchev–Trinajstić information content (AvgIpc) is 2.97. The number of benzene rings is 3. The van der Waals surface area contributed by atoms with Gasteiger partial charge < -0.3 is 25.7 Å². The molecular weight excluding hydrogens is 550 g/mol. The van der Waals surface area contributed by atoms with Crippen molar-refractivity contribution in [3.05, 3.63) is 102 Å². The molecule has 0 unspecified atom stereocenters. The zero-order chi connectivity index (χ0) is 31.4. The van der Waals surface area contributed by atoms with Gasteiger partial charge in [-0.05, 0) is 62.4 Å². The van der Waals surface area contributed by atoms with E-state index in [4.69, 9.17) is 25.7 Å². The summed E-state index contributed by atoms with van der Waals surface area (Å²) in [5, 5.41) is 0. The maximum absolute atomic E-state index is 13.6. The Morgan fingerprint density at radius 1 is 0.791 bits per heavy atom.